The van der Waals surface area contributed by atoms with Crippen LogP contribution in [0.4, 0.5) is 0 Å². The highest BCUT2D eigenvalue weighted by molar-refractivity contribution is 6.20. The van der Waals surface area contributed by atoms with Gasteiger partial charge >= 0.3 is 0 Å². The van der Waals surface area contributed by atoms with Gasteiger partial charge in [0, 0.05) is 28.4 Å². The molecule has 0 aliphatic rings. The summed E-state index contributed by atoms with van der Waals surface area (Å²) in [7, 11) is 1.70. The van der Waals surface area contributed by atoms with Crippen LogP contribution in [0.25, 0.3) is 0 Å². The number of nitrogens with zero attached hydrogens (tertiary/aromatic N) is 1. The van der Waals surface area contributed by atoms with Crippen molar-refractivity contribution < 1.29 is 4.74 Å². The maximum Gasteiger partial charge on any atom is 0.128 e. The van der Waals surface area contributed by atoms with Gasteiger partial charge in [0.1, 0.15) is 5.75 Å². The average Bonchev–Trinajstić information content (AvgIpc) is 2.28. The van der Waals surface area contributed by atoms with Gasteiger partial charge in [-0.15, -0.1) is 11.6 Å². The van der Waals surface area contributed by atoms with Crippen molar-refractivity contribution in [1.29, 1.82) is 0 Å². The van der Waals surface area contributed by atoms with E-state index in [0.717, 1.165) is 41.8 Å². The average molecular weight is 242 g/mol. The van der Waals surface area contributed by atoms with Gasteiger partial charge in [-0.25, -0.2) is 0 Å². The number of ether oxygens (including phenoxy) is 1. The number of rotatable bonds is 5. The fraction of sp³-hybridized carbons (Fsp3) is 0.615. The van der Waals surface area contributed by atoms with Gasteiger partial charge in [-0.05, 0) is 33.1 Å². The first-order valence-electron chi connectivity index (χ1n) is 5.73. The van der Waals surface area contributed by atoms with E-state index in [9.17, 15) is 0 Å². The Morgan fingerprint density at radius 2 is 2.12 bits per heavy atom. The lowest BCUT2D eigenvalue weighted by Crippen LogP contribution is -2.04. The molecule has 0 aliphatic heterocycles. The Balaban J connectivity index is 2.81. The Morgan fingerprint density at radius 1 is 1.44 bits per heavy atom. The summed E-state index contributed by atoms with van der Waals surface area (Å²) in [4.78, 5) is 4.45. The summed E-state index contributed by atoms with van der Waals surface area (Å²) < 4.78 is 5.38. The topological polar surface area (TPSA) is 22.1 Å². The third-order valence-corrected chi connectivity index (χ3v) is 3.41. The monoisotopic (exact) mass is 241 g/mol. The molecule has 2 nitrogen and oxygen atoms in total. The van der Waals surface area contributed by atoms with Crippen LogP contribution in [0.3, 0.4) is 0 Å². The van der Waals surface area contributed by atoms with Crippen LogP contribution in [0, 0.1) is 13.8 Å². The molecule has 1 heterocycles. The predicted octanol–water partition coefficient (Wildman–Crippen LogP) is 3.66. The zero-order valence-electron chi connectivity index (χ0n) is 10.5. The summed E-state index contributed by atoms with van der Waals surface area (Å²) in [6.45, 7) is 6.18. The molecule has 1 aromatic heterocycles. The summed E-state index contributed by atoms with van der Waals surface area (Å²) in [5.74, 6) is 0.952. The Morgan fingerprint density at radius 3 is 2.69 bits per heavy atom. The molecule has 0 amide bonds. The van der Waals surface area contributed by atoms with Crippen LogP contribution in [0.5, 0.6) is 5.75 Å². The van der Waals surface area contributed by atoms with Crippen LogP contribution in [0.2, 0.25) is 0 Å². The minimum absolute atomic E-state index is 0.244. The maximum absolute atomic E-state index is 6.11. The molecule has 1 aromatic rings. The quantitative estimate of drug-likeness (QED) is 0.734. The lowest BCUT2D eigenvalue weighted by Gasteiger charge is -2.13. The number of methoxy groups -OCH3 is 1. The molecular weight excluding hydrogens is 222 g/mol. The molecule has 0 fully saturated rings. The van der Waals surface area contributed by atoms with Crippen molar-refractivity contribution in [2.45, 2.75) is 45.4 Å². The van der Waals surface area contributed by atoms with Gasteiger partial charge in [0.15, 0.2) is 0 Å². The van der Waals surface area contributed by atoms with Gasteiger partial charge in [0.25, 0.3) is 0 Å². The molecule has 16 heavy (non-hydrogen) atoms. The second kappa shape index (κ2) is 6.09. The molecule has 1 rings (SSSR count). The van der Waals surface area contributed by atoms with Crippen LogP contribution in [-0.4, -0.2) is 17.5 Å². The predicted molar refractivity (Wildman–Crippen MR) is 68.5 cm³/mol. The molecule has 1 unspecified atom stereocenters. The Kier molecular flexibility index (Phi) is 5.07. The van der Waals surface area contributed by atoms with Crippen molar-refractivity contribution in [3.63, 3.8) is 0 Å². The highest BCUT2D eigenvalue weighted by Crippen LogP contribution is 2.25. The summed E-state index contributed by atoms with van der Waals surface area (Å²) in [6, 6.07) is 0. The fourth-order valence-electron chi connectivity index (χ4n) is 1.82. The van der Waals surface area contributed by atoms with E-state index in [1.165, 1.54) is 0 Å². The van der Waals surface area contributed by atoms with Crippen molar-refractivity contribution in [3.05, 3.63) is 23.0 Å². The molecule has 0 saturated carbocycles. The number of alkyl halides is 1. The highest BCUT2D eigenvalue weighted by Gasteiger charge is 2.10. The molecule has 0 spiro atoms. The van der Waals surface area contributed by atoms with Crippen molar-refractivity contribution in [2.75, 3.05) is 7.11 Å². The van der Waals surface area contributed by atoms with Crippen molar-refractivity contribution in [2.24, 2.45) is 0 Å². The summed E-state index contributed by atoms with van der Waals surface area (Å²) >= 11 is 6.11. The molecule has 0 aliphatic carbocycles. The second-order valence-corrected chi connectivity index (χ2v) is 4.71. The van der Waals surface area contributed by atoms with Crippen LogP contribution >= 0.6 is 11.6 Å². The number of hydrogen-bond donors (Lipinski definition) is 0. The molecule has 3 heteroatoms. The van der Waals surface area contributed by atoms with Crippen molar-refractivity contribution in [3.8, 4) is 5.75 Å². The molecule has 0 saturated heterocycles. The van der Waals surface area contributed by atoms with Gasteiger partial charge in [-0.3, -0.25) is 4.98 Å². The van der Waals surface area contributed by atoms with Gasteiger partial charge < -0.3 is 4.74 Å². The van der Waals surface area contributed by atoms with Crippen LogP contribution in [0.15, 0.2) is 6.20 Å². The van der Waals surface area contributed by atoms with Gasteiger partial charge in [0.2, 0.25) is 0 Å². The molecule has 0 aromatic carbocycles. The van der Waals surface area contributed by atoms with E-state index < -0.39 is 0 Å². The van der Waals surface area contributed by atoms with E-state index in [1.807, 2.05) is 13.1 Å². The van der Waals surface area contributed by atoms with Gasteiger partial charge in [-0.2, -0.15) is 0 Å². The lowest BCUT2D eigenvalue weighted by molar-refractivity contribution is 0.406. The Bertz CT molecular complexity index is 352. The van der Waals surface area contributed by atoms with Gasteiger partial charge in [0.05, 0.1) is 7.11 Å². The molecule has 1 atom stereocenters. The largest absolute Gasteiger partial charge is 0.496 e. The highest BCUT2D eigenvalue weighted by atomic mass is 35.5. The molecule has 0 radical (unpaired) electrons. The molecule has 0 bridgehead atoms. The molecule has 0 N–H and O–H groups in total. The Hall–Kier alpha value is -0.760. The molecule has 90 valence electrons. The van der Waals surface area contributed by atoms with Crippen LogP contribution < -0.4 is 4.74 Å². The van der Waals surface area contributed by atoms with Crippen LogP contribution in [-0.2, 0) is 6.42 Å². The minimum atomic E-state index is 0.244. The first-order valence-corrected chi connectivity index (χ1v) is 6.16. The van der Waals surface area contributed by atoms with E-state index >= 15 is 0 Å². The number of aromatic nitrogens is 1. The zero-order chi connectivity index (χ0) is 12.1. The first kappa shape index (κ1) is 13.3. The number of halogens is 1. The van der Waals surface area contributed by atoms with E-state index in [2.05, 4.69) is 18.8 Å². The second-order valence-electron chi connectivity index (χ2n) is 4.09. The fourth-order valence-corrected chi connectivity index (χ4v) is 1.93. The van der Waals surface area contributed by atoms with Gasteiger partial charge in [-0.1, -0.05) is 6.92 Å². The normalized spacial score (nSPS) is 12.6. The van der Waals surface area contributed by atoms with Crippen molar-refractivity contribution >= 4 is 11.6 Å². The first-order chi connectivity index (χ1) is 7.60. The minimum Gasteiger partial charge on any atom is -0.496 e. The van der Waals surface area contributed by atoms with E-state index in [0.29, 0.717) is 0 Å². The Labute approximate surface area is 103 Å². The lowest BCUT2D eigenvalue weighted by atomic mass is 10.1. The smallest absolute Gasteiger partial charge is 0.128 e. The zero-order valence-corrected chi connectivity index (χ0v) is 11.3. The summed E-state index contributed by atoms with van der Waals surface area (Å²) in [5, 5.41) is 0.244. The third kappa shape index (κ3) is 3.11. The number of pyridine rings is 1. The summed E-state index contributed by atoms with van der Waals surface area (Å²) in [5.41, 5.74) is 3.32. The number of hydrogen-bond acceptors (Lipinski definition) is 2. The van der Waals surface area contributed by atoms with E-state index in [-0.39, 0.29) is 5.38 Å². The van der Waals surface area contributed by atoms with E-state index in [4.69, 9.17) is 16.3 Å². The number of aryl methyl sites for hydroxylation is 2. The van der Waals surface area contributed by atoms with Crippen molar-refractivity contribution in [1.82, 2.24) is 4.98 Å². The standard InChI is InChI=1S/C13H20ClNO/c1-5-11(14)6-7-12-10(3)13(16-4)9(2)8-15-12/h8,11H,5-7H2,1-4H3. The maximum atomic E-state index is 6.11. The molecular formula is C13H20ClNO. The summed E-state index contributed by atoms with van der Waals surface area (Å²) in [6.07, 6.45) is 4.77. The SMILES string of the molecule is CCC(Cl)CCc1ncc(C)c(OC)c1C. The van der Waals surface area contributed by atoms with E-state index in [1.54, 1.807) is 7.11 Å². The van der Waals surface area contributed by atoms with Crippen LogP contribution in [0.1, 0.15) is 36.6 Å². The third-order valence-electron chi connectivity index (χ3n) is 2.89.